The van der Waals surface area contributed by atoms with Crippen molar-refractivity contribution in [3.63, 3.8) is 0 Å². The van der Waals surface area contributed by atoms with Gasteiger partial charge < -0.3 is 15.6 Å². The third kappa shape index (κ3) is 3.37. The number of hydrogen-bond acceptors (Lipinski definition) is 6. The first kappa shape index (κ1) is 12.2. The molecule has 0 saturated carbocycles. The van der Waals surface area contributed by atoms with E-state index in [0.29, 0.717) is 0 Å². The van der Waals surface area contributed by atoms with E-state index in [0.717, 1.165) is 6.07 Å². The van der Waals surface area contributed by atoms with E-state index >= 15 is 0 Å². The lowest BCUT2D eigenvalue weighted by atomic mass is 10.4. The first-order valence-electron chi connectivity index (χ1n) is 4.09. The highest BCUT2D eigenvalue weighted by Gasteiger charge is 2.12. The van der Waals surface area contributed by atoms with E-state index in [2.05, 4.69) is 9.72 Å². The summed E-state index contributed by atoms with van der Waals surface area (Å²) in [5.41, 5.74) is 4.96. The van der Waals surface area contributed by atoms with Crippen molar-refractivity contribution in [2.24, 2.45) is 5.73 Å². The molecule has 1 rings (SSSR count). The first-order valence-corrected chi connectivity index (χ1v) is 4.47. The second-order valence-electron chi connectivity index (χ2n) is 2.62. The Bertz CT molecular complexity index is 424. The van der Waals surface area contributed by atoms with Gasteiger partial charge in [-0.2, -0.15) is 0 Å². The standard InChI is InChI=1S/C8H8ClN3O4/c9-4-1-5(13)7(11-3-4)16-8(15)12-6(14)2-10/h1,3,13H,2,10H2,(H,12,14,15). The number of nitrogens with one attached hydrogen (secondary N) is 1. The van der Waals surface area contributed by atoms with E-state index in [1.165, 1.54) is 6.20 Å². The maximum atomic E-state index is 11.0. The summed E-state index contributed by atoms with van der Waals surface area (Å²) in [5, 5.41) is 11.3. The van der Waals surface area contributed by atoms with Crippen LogP contribution in [0.5, 0.6) is 11.6 Å². The summed E-state index contributed by atoms with van der Waals surface area (Å²) in [5.74, 6) is -1.48. The molecule has 7 nitrogen and oxygen atoms in total. The summed E-state index contributed by atoms with van der Waals surface area (Å²) in [6, 6.07) is 1.14. The normalized spacial score (nSPS) is 9.62. The van der Waals surface area contributed by atoms with Crippen LogP contribution in [0.25, 0.3) is 0 Å². The lowest BCUT2D eigenvalue weighted by Crippen LogP contribution is -2.37. The highest BCUT2D eigenvalue weighted by atomic mass is 35.5. The molecule has 0 fully saturated rings. The molecule has 0 aliphatic rings. The average molecular weight is 246 g/mol. The second-order valence-corrected chi connectivity index (χ2v) is 3.06. The van der Waals surface area contributed by atoms with Gasteiger partial charge in [0.1, 0.15) is 0 Å². The average Bonchev–Trinajstić information content (AvgIpc) is 2.22. The first-order chi connectivity index (χ1) is 7.52. The van der Waals surface area contributed by atoms with E-state index < -0.39 is 17.7 Å². The molecule has 0 saturated heterocycles. The predicted molar refractivity (Wildman–Crippen MR) is 54.1 cm³/mol. The zero-order chi connectivity index (χ0) is 12.1. The number of halogens is 1. The minimum absolute atomic E-state index is 0.184. The Morgan fingerprint density at radius 3 is 2.88 bits per heavy atom. The Labute approximate surface area is 95.2 Å². The van der Waals surface area contributed by atoms with Gasteiger partial charge >= 0.3 is 6.09 Å². The van der Waals surface area contributed by atoms with Crippen LogP contribution >= 0.6 is 11.6 Å². The van der Waals surface area contributed by atoms with Crippen molar-refractivity contribution >= 4 is 23.6 Å². The van der Waals surface area contributed by atoms with Gasteiger partial charge in [0.15, 0.2) is 5.75 Å². The van der Waals surface area contributed by atoms with Gasteiger partial charge in [-0.05, 0) is 0 Å². The van der Waals surface area contributed by atoms with Crippen molar-refractivity contribution in [1.82, 2.24) is 10.3 Å². The molecule has 1 aromatic rings. The fourth-order valence-corrected chi connectivity index (χ4v) is 0.925. The van der Waals surface area contributed by atoms with Gasteiger partial charge in [0.05, 0.1) is 11.6 Å². The fourth-order valence-electron chi connectivity index (χ4n) is 0.773. The number of aromatic hydroxyl groups is 1. The van der Waals surface area contributed by atoms with Crippen molar-refractivity contribution in [2.75, 3.05) is 6.54 Å². The summed E-state index contributed by atoms with van der Waals surface area (Å²) in [6.07, 6.45) is 0.0924. The van der Waals surface area contributed by atoms with Gasteiger partial charge in [0.2, 0.25) is 5.91 Å². The van der Waals surface area contributed by atoms with Crippen LogP contribution in [0.3, 0.4) is 0 Å². The van der Waals surface area contributed by atoms with Gasteiger partial charge in [-0.1, -0.05) is 11.6 Å². The van der Waals surface area contributed by atoms with Gasteiger partial charge in [-0.25, -0.2) is 9.78 Å². The van der Waals surface area contributed by atoms with Crippen LogP contribution in [0.15, 0.2) is 12.3 Å². The number of rotatable bonds is 2. The van der Waals surface area contributed by atoms with Crippen molar-refractivity contribution < 1.29 is 19.4 Å². The van der Waals surface area contributed by atoms with E-state index in [1.807, 2.05) is 5.32 Å². The van der Waals surface area contributed by atoms with Crippen molar-refractivity contribution in [3.05, 3.63) is 17.3 Å². The van der Waals surface area contributed by atoms with E-state index in [1.54, 1.807) is 0 Å². The molecule has 0 aromatic carbocycles. The summed E-state index contributed by atoms with van der Waals surface area (Å²) in [4.78, 5) is 25.3. The Balaban J connectivity index is 2.66. The molecule has 8 heteroatoms. The zero-order valence-electron chi connectivity index (χ0n) is 7.94. The van der Waals surface area contributed by atoms with E-state index in [9.17, 15) is 14.7 Å². The fraction of sp³-hybridized carbons (Fsp3) is 0.125. The van der Waals surface area contributed by atoms with Crippen molar-refractivity contribution in [2.45, 2.75) is 0 Å². The van der Waals surface area contributed by atoms with Crippen LogP contribution < -0.4 is 15.8 Å². The molecule has 0 spiro atoms. The molecule has 86 valence electrons. The largest absolute Gasteiger partial charge is 0.503 e. The number of nitrogens with two attached hydrogens (primary N) is 1. The molecule has 0 aliphatic heterocycles. The Hall–Kier alpha value is -1.86. The Kier molecular flexibility index (Phi) is 4.03. The van der Waals surface area contributed by atoms with Crippen molar-refractivity contribution in [3.8, 4) is 11.6 Å². The molecule has 0 aliphatic carbocycles. The quantitative estimate of drug-likeness (QED) is 0.676. The van der Waals surface area contributed by atoms with Crippen LogP contribution in [-0.4, -0.2) is 28.6 Å². The summed E-state index contributed by atoms with van der Waals surface area (Å²) in [6.45, 7) is -0.352. The molecule has 1 heterocycles. The number of amides is 2. The summed E-state index contributed by atoms with van der Waals surface area (Å²) >= 11 is 5.51. The molecular weight excluding hydrogens is 238 g/mol. The number of pyridine rings is 1. The minimum atomic E-state index is -1.08. The lowest BCUT2D eigenvalue weighted by molar-refractivity contribution is -0.118. The smallest absolute Gasteiger partial charge is 0.420 e. The number of hydrogen-bond donors (Lipinski definition) is 3. The Morgan fingerprint density at radius 1 is 1.62 bits per heavy atom. The van der Waals surface area contributed by atoms with E-state index in [4.69, 9.17) is 17.3 Å². The van der Waals surface area contributed by atoms with Gasteiger partial charge in [0, 0.05) is 12.3 Å². The highest BCUT2D eigenvalue weighted by Crippen LogP contribution is 2.25. The molecule has 1 aromatic heterocycles. The monoisotopic (exact) mass is 245 g/mol. The second kappa shape index (κ2) is 5.29. The van der Waals surface area contributed by atoms with Crippen LogP contribution in [0, 0.1) is 0 Å². The third-order valence-electron chi connectivity index (χ3n) is 1.42. The Morgan fingerprint density at radius 2 is 2.31 bits per heavy atom. The highest BCUT2D eigenvalue weighted by molar-refractivity contribution is 6.30. The van der Waals surface area contributed by atoms with E-state index in [-0.39, 0.29) is 17.4 Å². The van der Waals surface area contributed by atoms with Crippen LogP contribution in [-0.2, 0) is 4.79 Å². The molecule has 2 amide bonds. The third-order valence-corrected chi connectivity index (χ3v) is 1.62. The van der Waals surface area contributed by atoms with Gasteiger partial charge in [-0.3, -0.25) is 10.1 Å². The maximum absolute atomic E-state index is 11.0. The summed E-state index contributed by atoms with van der Waals surface area (Å²) in [7, 11) is 0. The maximum Gasteiger partial charge on any atom is 0.420 e. The van der Waals surface area contributed by atoms with Crippen LogP contribution in [0.4, 0.5) is 4.79 Å². The molecule has 4 N–H and O–H groups in total. The molecule has 0 atom stereocenters. The predicted octanol–water partition coefficient (Wildman–Crippen LogP) is 0.0143. The number of carbonyl (C=O) groups excluding carboxylic acids is 2. The molecule has 0 radical (unpaired) electrons. The number of nitrogens with zero attached hydrogens (tertiary/aromatic N) is 1. The topological polar surface area (TPSA) is 115 Å². The molecular formula is C8H8ClN3O4. The van der Waals surface area contributed by atoms with Gasteiger partial charge in [-0.15, -0.1) is 0 Å². The van der Waals surface area contributed by atoms with Gasteiger partial charge in [0.25, 0.3) is 5.88 Å². The zero-order valence-corrected chi connectivity index (χ0v) is 8.69. The minimum Gasteiger partial charge on any atom is -0.503 e. The molecule has 0 bridgehead atoms. The van der Waals surface area contributed by atoms with Crippen LogP contribution in [0.2, 0.25) is 5.02 Å². The SMILES string of the molecule is NCC(=O)NC(=O)Oc1ncc(Cl)cc1O. The number of imide groups is 1. The summed E-state index contributed by atoms with van der Waals surface area (Å²) < 4.78 is 4.53. The van der Waals surface area contributed by atoms with Crippen molar-refractivity contribution in [1.29, 1.82) is 0 Å². The number of aromatic nitrogens is 1. The number of carbonyl (C=O) groups is 2. The molecule has 16 heavy (non-hydrogen) atoms. The number of ether oxygens (including phenoxy) is 1. The molecule has 0 unspecified atom stereocenters. The van der Waals surface area contributed by atoms with Crippen LogP contribution in [0.1, 0.15) is 0 Å². The lowest BCUT2D eigenvalue weighted by Gasteiger charge is -2.05.